The Balaban J connectivity index is 1.41. The van der Waals surface area contributed by atoms with Crippen molar-refractivity contribution in [3.8, 4) is 0 Å². The van der Waals surface area contributed by atoms with E-state index in [-0.39, 0.29) is 34.6 Å². The number of anilines is 1. The molecule has 3 aliphatic rings. The van der Waals surface area contributed by atoms with E-state index in [1.165, 1.54) is 9.80 Å². The molecule has 0 atom stereocenters. The summed E-state index contributed by atoms with van der Waals surface area (Å²) in [5.74, 6) is -0.787. The first-order chi connectivity index (χ1) is 15.4. The molecule has 3 amide bonds. The Bertz CT molecular complexity index is 916. The molecule has 172 valence electrons. The van der Waals surface area contributed by atoms with Crippen molar-refractivity contribution >= 4 is 35.0 Å². The van der Waals surface area contributed by atoms with Crippen LogP contribution in [-0.2, 0) is 9.59 Å². The average molecular weight is 460 g/mol. The lowest BCUT2D eigenvalue weighted by Gasteiger charge is -2.33. The first-order valence-electron chi connectivity index (χ1n) is 11.6. The van der Waals surface area contributed by atoms with E-state index in [1.54, 1.807) is 24.3 Å². The molecule has 1 aromatic rings. The summed E-state index contributed by atoms with van der Waals surface area (Å²) >= 11 is 6.25. The second-order valence-corrected chi connectivity index (χ2v) is 9.65. The number of halogens is 1. The molecule has 1 saturated carbocycles. The smallest absolute Gasteiger partial charge is 0.279 e. The van der Waals surface area contributed by atoms with Gasteiger partial charge in [0.15, 0.2) is 0 Å². The third-order valence-corrected chi connectivity index (χ3v) is 7.43. The molecule has 0 unspecified atom stereocenters. The molecule has 0 aromatic heterocycles. The van der Waals surface area contributed by atoms with Crippen molar-refractivity contribution in [2.24, 2.45) is 0 Å². The molecule has 8 heteroatoms. The summed E-state index contributed by atoms with van der Waals surface area (Å²) in [4.78, 5) is 43.1. The van der Waals surface area contributed by atoms with E-state index in [1.807, 2.05) is 11.9 Å². The first-order valence-corrected chi connectivity index (χ1v) is 12.0. The number of nitrogens with zero attached hydrogens (tertiary/aromatic N) is 2. The van der Waals surface area contributed by atoms with Crippen LogP contribution in [0.15, 0.2) is 35.0 Å². The van der Waals surface area contributed by atoms with Crippen LogP contribution >= 0.6 is 11.6 Å². The number of rotatable bonds is 5. The van der Waals surface area contributed by atoms with E-state index in [4.69, 9.17) is 11.6 Å². The molecular weight excluding hydrogens is 428 g/mol. The second-order valence-electron chi connectivity index (χ2n) is 9.27. The topological polar surface area (TPSA) is 74.2 Å². The molecule has 32 heavy (non-hydrogen) atoms. The molecule has 7 nitrogen and oxygen atoms in total. The molecular formula is C24H32ClN4O3+. The summed E-state index contributed by atoms with van der Waals surface area (Å²) in [6, 6.07) is 7.18. The number of hydrogen-bond acceptors (Lipinski definition) is 4. The van der Waals surface area contributed by atoms with Crippen LogP contribution in [0.1, 0.15) is 55.3 Å². The SMILES string of the molecule is CN(C(=O)c1ccc(NC2=C(Cl)C(=O)N(C3CCCCC3)C2=O)cc1)C1CC[NH+](C)CC1. The Hall–Kier alpha value is -2.38. The Morgan fingerprint density at radius 3 is 2.28 bits per heavy atom. The molecule has 0 bridgehead atoms. The van der Waals surface area contributed by atoms with E-state index in [2.05, 4.69) is 12.4 Å². The number of amides is 3. The number of carbonyl (C=O) groups is 3. The largest absolute Gasteiger partial charge is 0.350 e. The van der Waals surface area contributed by atoms with Gasteiger partial charge in [-0.25, -0.2) is 0 Å². The van der Waals surface area contributed by atoms with Crippen LogP contribution in [0.3, 0.4) is 0 Å². The van der Waals surface area contributed by atoms with Gasteiger partial charge in [-0.2, -0.15) is 0 Å². The molecule has 1 aliphatic carbocycles. The third-order valence-electron chi connectivity index (χ3n) is 7.08. The van der Waals surface area contributed by atoms with Gasteiger partial charge < -0.3 is 15.1 Å². The number of carbonyl (C=O) groups excluding carboxylic acids is 3. The van der Waals surface area contributed by atoms with Crippen molar-refractivity contribution in [1.29, 1.82) is 0 Å². The Kier molecular flexibility index (Phi) is 6.86. The highest BCUT2D eigenvalue weighted by atomic mass is 35.5. The van der Waals surface area contributed by atoms with E-state index in [0.29, 0.717) is 11.3 Å². The first kappa shape index (κ1) is 22.8. The number of quaternary nitrogens is 1. The minimum absolute atomic E-state index is 0.00561. The molecule has 2 N–H and O–H groups in total. The zero-order valence-corrected chi connectivity index (χ0v) is 19.6. The van der Waals surface area contributed by atoms with Gasteiger partial charge in [0.1, 0.15) is 10.7 Å². The highest BCUT2D eigenvalue weighted by Gasteiger charge is 2.42. The second kappa shape index (κ2) is 9.63. The van der Waals surface area contributed by atoms with E-state index < -0.39 is 5.91 Å². The van der Waals surface area contributed by atoms with Gasteiger partial charge in [0.2, 0.25) is 0 Å². The maximum absolute atomic E-state index is 12.9. The molecule has 0 spiro atoms. The maximum Gasteiger partial charge on any atom is 0.279 e. The number of imide groups is 1. The number of likely N-dealkylation sites (tertiary alicyclic amines) is 1. The molecule has 2 fully saturated rings. The normalized spacial score (nSPS) is 24.8. The fourth-order valence-corrected chi connectivity index (χ4v) is 5.21. The Labute approximate surface area is 194 Å². The van der Waals surface area contributed by atoms with Gasteiger partial charge in [-0.3, -0.25) is 19.3 Å². The van der Waals surface area contributed by atoms with Crippen LogP contribution in [-0.4, -0.2) is 66.8 Å². The van der Waals surface area contributed by atoms with Crippen LogP contribution in [0.2, 0.25) is 0 Å². The van der Waals surface area contributed by atoms with Crippen molar-refractivity contribution in [2.75, 3.05) is 32.5 Å². The van der Waals surface area contributed by atoms with Crippen molar-refractivity contribution in [2.45, 2.75) is 57.0 Å². The lowest BCUT2D eigenvalue weighted by atomic mass is 9.94. The fraction of sp³-hybridized carbons (Fsp3) is 0.542. The predicted molar refractivity (Wildman–Crippen MR) is 123 cm³/mol. The van der Waals surface area contributed by atoms with Crippen molar-refractivity contribution in [1.82, 2.24) is 9.80 Å². The average Bonchev–Trinajstić information content (AvgIpc) is 3.02. The molecule has 0 radical (unpaired) electrons. The summed E-state index contributed by atoms with van der Waals surface area (Å²) in [6.07, 6.45) is 6.85. The number of nitrogens with one attached hydrogen (secondary N) is 2. The van der Waals surface area contributed by atoms with Crippen LogP contribution < -0.4 is 10.2 Å². The lowest BCUT2D eigenvalue weighted by molar-refractivity contribution is -0.885. The van der Waals surface area contributed by atoms with Crippen molar-refractivity contribution in [3.63, 3.8) is 0 Å². The summed E-state index contributed by atoms with van der Waals surface area (Å²) in [6.45, 7) is 2.15. The summed E-state index contributed by atoms with van der Waals surface area (Å²) < 4.78 is 0. The van der Waals surface area contributed by atoms with Gasteiger partial charge in [0.25, 0.3) is 17.7 Å². The quantitative estimate of drug-likeness (QED) is 0.660. The van der Waals surface area contributed by atoms with Crippen LogP contribution in [0, 0.1) is 0 Å². The molecule has 2 heterocycles. The van der Waals surface area contributed by atoms with Crippen molar-refractivity contribution in [3.05, 3.63) is 40.6 Å². The van der Waals surface area contributed by atoms with Gasteiger partial charge in [0, 0.05) is 43.2 Å². The van der Waals surface area contributed by atoms with Crippen LogP contribution in [0.25, 0.3) is 0 Å². The van der Waals surface area contributed by atoms with Crippen molar-refractivity contribution < 1.29 is 19.3 Å². The summed E-state index contributed by atoms with van der Waals surface area (Å²) in [5, 5.41) is 2.95. The Morgan fingerprint density at radius 2 is 1.66 bits per heavy atom. The Morgan fingerprint density at radius 1 is 1.03 bits per heavy atom. The molecule has 1 aromatic carbocycles. The van der Waals surface area contributed by atoms with E-state index >= 15 is 0 Å². The lowest BCUT2D eigenvalue weighted by Crippen LogP contribution is -3.10. The van der Waals surface area contributed by atoms with Crippen LogP contribution in [0.4, 0.5) is 5.69 Å². The fourth-order valence-electron chi connectivity index (χ4n) is 4.99. The monoisotopic (exact) mass is 459 g/mol. The molecule has 1 saturated heterocycles. The van der Waals surface area contributed by atoms with Gasteiger partial charge >= 0.3 is 0 Å². The minimum atomic E-state index is -0.417. The minimum Gasteiger partial charge on any atom is -0.350 e. The zero-order chi connectivity index (χ0) is 22.8. The summed E-state index contributed by atoms with van der Waals surface area (Å²) in [5.41, 5.74) is 1.33. The van der Waals surface area contributed by atoms with Gasteiger partial charge in [-0.15, -0.1) is 0 Å². The number of hydrogen-bond donors (Lipinski definition) is 2. The highest BCUT2D eigenvalue weighted by Crippen LogP contribution is 2.32. The van der Waals surface area contributed by atoms with Gasteiger partial charge in [-0.05, 0) is 37.1 Å². The molecule has 4 rings (SSSR count). The standard InChI is InChI=1S/C24H31ClN4O3/c1-27-14-12-18(13-15-27)28(2)22(30)16-8-10-17(11-9-16)26-21-20(25)23(31)29(24(21)32)19-6-4-3-5-7-19/h8-11,18-19,26H,3-7,12-15H2,1-2H3/p+1. The maximum atomic E-state index is 12.9. The van der Waals surface area contributed by atoms with Gasteiger partial charge in [0.05, 0.1) is 20.1 Å². The number of piperidine rings is 1. The van der Waals surface area contributed by atoms with Gasteiger partial charge in [-0.1, -0.05) is 30.9 Å². The highest BCUT2D eigenvalue weighted by molar-refractivity contribution is 6.48. The summed E-state index contributed by atoms with van der Waals surface area (Å²) in [7, 11) is 4.05. The third kappa shape index (κ3) is 4.55. The predicted octanol–water partition coefficient (Wildman–Crippen LogP) is 2.00. The zero-order valence-electron chi connectivity index (χ0n) is 18.8. The van der Waals surface area contributed by atoms with E-state index in [9.17, 15) is 14.4 Å². The van der Waals surface area contributed by atoms with Crippen LogP contribution in [0.5, 0.6) is 0 Å². The molecule has 2 aliphatic heterocycles. The van der Waals surface area contributed by atoms with E-state index in [0.717, 1.165) is 58.0 Å². The number of benzene rings is 1.